The van der Waals surface area contributed by atoms with Crippen molar-refractivity contribution >= 4 is 11.8 Å². The zero-order valence-corrected chi connectivity index (χ0v) is 10.8. The molecule has 1 aromatic carbocycles. The molecule has 0 spiro atoms. The summed E-state index contributed by atoms with van der Waals surface area (Å²) >= 11 is 1.57. The Balaban J connectivity index is 2.04. The number of benzene rings is 1. The number of hydrogen-bond donors (Lipinski definition) is 1. The lowest BCUT2D eigenvalue weighted by molar-refractivity contribution is -0.137. The highest BCUT2D eigenvalue weighted by Gasteiger charge is 2.30. The zero-order valence-electron chi connectivity index (χ0n) is 9.96. The summed E-state index contributed by atoms with van der Waals surface area (Å²) in [7, 11) is 0. The van der Waals surface area contributed by atoms with Gasteiger partial charge in [-0.3, -0.25) is 0 Å². The fourth-order valence-electron chi connectivity index (χ4n) is 2.04. The molecule has 1 fully saturated rings. The van der Waals surface area contributed by atoms with E-state index in [1.54, 1.807) is 17.8 Å². The molecule has 0 saturated carbocycles. The van der Waals surface area contributed by atoms with Crippen molar-refractivity contribution in [2.75, 3.05) is 13.1 Å². The van der Waals surface area contributed by atoms with Crippen molar-refractivity contribution < 1.29 is 13.2 Å². The molecule has 1 aliphatic heterocycles. The van der Waals surface area contributed by atoms with Crippen LogP contribution in [0.1, 0.15) is 24.8 Å². The van der Waals surface area contributed by atoms with Gasteiger partial charge in [-0.05, 0) is 50.6 Å². The molecule has 1 nitrogen and oxygen atoms in total. The molecule has 1 aliphatic rings. The van der Waals surface area contributed by atoms with Gasteiger partial charge in [-0.1, -0.05) is 6.07 Å². The van der Waals surface area contributed by atoms with Crippen LogP contribution in [0.4, 0.5) is 13.2 Å². The molecule has 1 saturated heterocycles. The Bertz CT molecular complexity index is 384. The fourth-order valence-corrected chi connectivity index (χ4v) is 3.30. The van der Waals surface area contributed by atoms with Gasteiger partial charge in [-0.25, -0.2) is 0 Å². The van der Waals surface area contributed by atoms with E-state index in [0.717, 1.165) is 43.3 Å². The predicted molar refractivity (Wildman–Crippen MR) is 67.8 cm³/mol. The van der Waals surface area contributed by atoms with Crippen molar-refractivity contribution in [1.82, 2.24) is 5.32 Å². The van der Waals surface area contributed by atoms with E-state index in [2.05, 4.69) is 5.32 Å². The largest absolute Gasteiger partial charge is 0.416 e. The second-order valence-electron chi connectivity index (χ2n) is 4.45. The van der Waals surface area contributed by atoms with E-state index in [9.17, 15) is 13.2 Å². The van der Waals surface area contributed by atoms with Crippen molar-refractivity contribution in [3.05, 3.63) is 29.8 Å². The molecule has 18 heavy (non-hydrogen) atoms. The third-order valence-electron chi connectivity index (χ3n) is 2.99. The van der Waals surface area contributed by atoms with E-state index in [1.165, 1.54) is 12.1 Å². The first-order valence-electron chi connectivity index (χ1n) is 6.10. The Hall–Kier alpha value is -0.680. The van der Waals surface area contributed by atoms with Gasteiger partial charge in [0.2, 0.25) is 0 Å². The summed E-state index contributed by atoms with van der Waals surface area (Å²) in [6.07, 6.45) is -1.08. The van der Waals surface area contributed by atoms with Crippen molar-refractivity contribution in [3.8, 4) is 0 Å². The summed E-state index contributed by atoms with van der Waals surface area (Å²) in [5, 5.41) is 3.73. The molecule has 2 rings (SSSR count). The minimum Gasteiger partial charge on any atom is -0.317 e. The van der Waals surface area contributed by atoms with Crippen LogP contribution in [0, 0.1) is 0 Å². The lowest BCUT2D eigenvalue weighted by atomic mass is 10.2. The maximum absolute atomic E-state index is 12.6. The molecule has 1 heterocycles. The maximum atomic E-state index is 12.6. The minimum absolute atomic E-state index is 0.420. The number of thioether (sulfide) groups is 1. The van der Waals surface area contributed by atoms with Crippen molar-refractivity contribution in [2.45, 2.75) is 35.6 Å². The quantitative estimate of drug-likeness (QED) is 0.877. The van der Waals surface area contributed by atoms with E-state index in [-0.39, 0.29) is 0 Å². The summed E-state index contributed by atoms with van der Waals surface area (Å²) < 4.78 is 37.8. The molecule has 0 aromatic heterocycles. The molecule has 1 aromatic rings. The number of nitrogens with one attached hydrogen (secondary N) is 1. The molecular weight excluding hydrogens is 259 g/mol. The summed E-state index contributed by atoms with van der Waals surface area (Å²) in [6.45, 7) is 1.97. The number of halogens is 3. The van der Waals surface area contributed by atoms with E-state index >= 15 is 0 Å². The SMILES string of the molecule is FC(F)(F)c1cccc(SC2CCCNCC2)c1. The first kappa shape index (κ1) is 13.7. The highest BCUT2D eigenvalue weighted by molar-refractivity contribution is 8.00. The standard InChI is InChI=1S/C13H16F3NS/c14-13(15,16)10-3-1-4-12(9-10)18-11-5-2-7-17-8-6-11/h1,3-4,9,11,17H,2,5-8H2. The molecule has 0 aliphatic carbocycles. The Kier molecular flexibility index (Phi) is 4.56. The molecule has 5 heteroatoms. The van der Waals surface area contributed by atoms with Gasteiger partial charge >= 0.3 is 6.18 Å². The molecule has 0 amide bonds. The van der Waals surface area contributed by atoms with Crippen molar-refractivity contribution in [3.63, 3.8) is 0 Å². The molecule has 100 valence electrons. The highest BCUT2D eigenvalue weighted by Crippen LogP contribution is 2.34. The molecule has 0 bridgehead atoms. The third kappa shape index (κ3) is 3.92. The van der Waals surface area contributed by atoms with Crippen LogP contribution < -0.4 is 5.32 Å². The Morgan fingerprint density at radius 1 is 1.17 bits per heavy atom. The van der Waals surface area contributed by atoms with Crippen molar-refractivity contribution in [1.29, 1.82) is 0 Å². The van der Waals surface area contributed by atoms with Gasteiger partial charge < -0.3 is 5.32 Å². The zero-order chi connectivity index (χ0) is 13.0. The van der Waals surface area contributed by atoms with Crippen LogP contribution in [0.3, 0.4) is 0 Å². The topological polar surface area (TPSA) is 12.0 Å². The van der Waals surface area contributed by atoms with E-state index in [0.29, 0.717) is 5.25 Å². The summed E-state index contributed by atoms with van der Waals surface area (Å²) in [4.78, 5) is 0.719. The van der Waals surface area contributed by atoms with E-state index in [1.807, 2.05) is 0 Å². The summed E-state index contributed by atoms with van der Waals surface area (Å²) in [5.74, 6) is 0. The van der Waals surface area contributed by atoms with E-state index in [4.69, 9.17) is 0 Å². The summed E-state index contributed by atoms with van der Waals surface area (Å²) in [5.41, 5.74) is -0.556. The van der Waals surface area contributed by atoms with Crippen LogP contribution in [-0.4, -0.2) is 18.3 Å². The Labute approximate surface area is 109 Å². The van der Waals surface area contributed by atoms with Gasteiger partial charge in [0.25, 0.3) is 0 Å². The third-order valence-corrected chi connectivity index (χ3v) is 4.32. The number of rotatable bonds is 2. The molecule has 1 N–H and O–H groups in total. The Morgan fingerprint density at radius 3 is 2.78 bits per heavy atom. The molecular formula is C13H16F3NS. The van der Waals surface area contributed by atoms with Crippen LogP contribution in [0.2, 0.25) is 0 Å². The van der Waals surface area contributed by atoms with E-state index < -0.39 is 11.7 Å². The van der Waals surface area contributed by atoms with Crippen LogP contribution in [-0.2, 0) is 6.18 Å². The first-order chi connectivity index (χ1) is 8.55. The average Bonchev–Trinajstić information content (AvgIpc) is 2.57. The smallest absolute Gasteiger partial charge is 0.317 e. The first-order valence-corrected chi connectivity index (χ1v) is 6.98. The number of alkyl halides is 3. The van der Waals surface area contributed by atoms with Gasteiger partial charge in [0.15, 0.2) is 0 Å². The minimum atomic E-state index is -4.25. The van der Waals surface area contributed by atoms with Crippen LogP contribution >= 0.6 is 11.8 Å². The van der Waals surface area contributed by atoms with Gasteiger partial charge in [-0.15, -0.1) is 11.8 Å². The lowest BCUT2D eigenvalue weighted by Crippen LogP contribution is -2.14. The maximum Gasteiger partial charge on any atom is 0.416 e. The number of hydrogen-bond acceptors (Lipinski definition) is 2. The van der Waals surface area contributed by atoms with Gasteiger partial charge in [0.05, 0.1) is 5.56 Å². The second kappa shape index (κ2) is 5.97. The van der Waals surface area contributed by atoms with Gasteiger partial charge in [0, 0.05) is 10.1 Å². The molecule has 1 unspecified atom stereocenters. The molecule has 0 radical (unpaired) electrons. The van der Waals surface area contributed by atoms with Crippen LogP contribution in [0.5, 0.6) is 0 Å². The van der Waals surface area contributed by atoms with Crippen LogP contribution in [0.15, 0.2) is 29.2 Å². The van der Waals surface area contributed by atoms with Gasteiger partial charge in [0.1, 0.15) is 0 Å². The fraction of sp³-hybridized carbons (Fsp3) is 0.538. The predicted octanol–water partition coefficient (Wildman–Crippen LogP) is 3.94. The average molecular weight is 275 g/mol. The van der Waals surface area contributed by atoms with Crippen LogP contribution in [0.25, 0.3) is 0 Å². The van der Waals surface area contributed by atoms with Crippen molar-refractivity contribution in [2.24, 2.45) is 0 Å². The summed E-state index contributed by atoms with van der Waals surface area (Å²) in [6, 6.07) is 5.63. The normalized spacial score (nSPS) is 21.6. The second-order valence-corrected chi connectivity index (χ2v) is 5.82. The monoisotopic (exact) mass is 275 g/mol. The highest BCUT2D eigenvalue weighted by atomic mass is 32.2. The Morgan fingerprint density at radius 2 is 2.00 bits per heavy atom. The lowest BCUT2D eigenvalue weighted by Gasteiger charge is -2.14. The van der Waals surface area contributed by atoms with Gasteiger partial charge in [-0.2, -0.15) is 13.2 Å². The molecule has 1 atom stereocenters.